The molecule has 16 heavy (non-hydrogen) atoms. The molecule has 0 spiro atoms. The highest BCUT2D eigenvalue weighted by Crippen LogP contribution is 2.20. The lowest BCUT2D eigenvalue weighted by Gasteiger charge is -2.07. The second-order valence-corrected chi connectivity index (χ2v) is 4.03. The Morgan fingerprint density at radius 1 is 1.44 bits per heavy atom. The van der Waals surface area contributed by atoms with Crippen LogP contribution in [-0.2, 0) is 11.3 Å². The molecule has 1 N–H and O–H groups in total. The Morgan fingerprint density at radius 2 is 2.12 bits per heavy atom. The van der Waals surface area contributed by atoms with Gasteiger partial charge in [0.2, 0.25) is 0 Å². The van der Waals surface area contributed by atoms with Gasteiger partial charge in [-0.1, -0.05) is 0 Å². The van der Waals surface area contributed by atoms with Gasteiger partial charge in [0.15, 0.2) is 0 Å². The first-order valence-corrected chi connectivity index (χ1v) is 5.87. The summed E-state index contributed by atoms with van der Waals surface area (Å²) in [5, 5.41) is 14.1. The van der Waals surface area contributed by atoms with Crippen LogP contribution in [0.1, 0.15) is 43.3 Å². The minimum Gasteiger partial charge on any atom is -0.389 e. The largest absolute Gasteiger partial charge is 0.389 e. The molecule has 0 saturated heterocycles. The van der Waals surface area contributed by atoms with Crippen LogP contribution in [0.5, 0.6) is 0 Å². The third kappa shape index (κ3) is 3.06. The van der Waals surface area contributed by atoms with Gasteiger partial charge in [-0.25, -0.2) is 0 Å². The standard InChI is InChI=1S/C12H22N2O2/c1-5-16-8-6-7-14-10(3)12(11(4)15)9(2)13-14/h11,15H,5-8H2,1-4H3. The van der Waals surface area contributed by atoms with E-state index in [2.05, 4.69) is 5.10 Å². The number of aryl methyl sites for hydroxylation is 2. The Balaban J connectivity index is 2.64. The summed E-state index contributed by atoms with van der Waals surface area (Å²) in [6.45, 7) is 10.1. The number of ether oxygens (including phenoxy) is 1. The fourth-order valence-electron chi connectivity index (χ4n) is 1.99. The number of hydrogen-bond acceptors (Lipinski definition) is 3. The highest BCUT2D eigenvalue weighted by atomic mass is 16.5. The maximum absolute atomic E-state index is 9.63. The molecule has 0 amide bonds. The monoisotopic (exact) mass is 226 g/mol. The second kappa shape index (κ2) is 6.01. The van der Waals surface area contributed by atoms with Gasteiger partial charge in [-0.15, -0.1) is 0 Å². The Labute approximate surface area is 97.2 Å². The molecule has 1 heterocycles. The first-order valence-electron chi connectivity index (χ1n) is 5.87. The third-order valence-electron chi connectivity index (χ3n) is 2.72. The zero-order chi connectivity index (χ0) is 12.1. The number of rotatable bonds is 6. The molecule has 4 nitrogen and oxygen atoms in total. The molecule has 0 aliphatic heterocycles. The molecular formula is C12H22N2O2. The Kier molecular flexibility index (Phi) is 4.96. The van der Waals surface area contributed by atoms with Crippen LogP contribution in [-0.4, -0.2) is 28.1 Å². The Hall–Kier alpha value is -0.870. The van der Waals surface area contributed by atoms with Gasteiger partial charge in [0.05, 0.1) is 11.8 Å². The molecule has 0 radical (unpaired) electrons. The summed E-state index contributed by atoms with van der Waals surface area (Å²) in [5.74, 6) is 0. The van der Waals surface area contributed by atoms with Gasteiger partial charge in [-0.2, -0.15) is 5.10 Å². The van der Waals surface area contributed by atoms with E-state index in [1.165, 1.54) is 0 Å². The Bertz CT molecular complexity index is 332. The maximum atomic E-state index is 9.63. The van der Waals surface area contributed by atoms with Crippen LogP contribution >= 0.6 is 0 Å². The molecule has 0 fully saturated rings. The second-order valence-electron chi connectivity index (χ2n) is 4.03. The first-order chi connectivity index (χ1) is 7.57. The van der Waals surface area contributed by atoms with Gasteiger partial charge in [0.25, 0.3) is 0 Å². The molecule has 0 aromatic carbocycles. The maximum Gasteiger partial charge on any atom is 0.0797 e. The fraction of sp³-hybridized carbons (Fsp3) is 0.750. The average Bonchev–Trinajstić information content (AvgIpc) is 2.49. The van der Waals surface area contributed by atoms with Crippen molar-refractivity contribution in [3.8, 4) is 0 Å². The van der Waals surface area contributed by atoms with Crippen molar-refractivity contribution < 1.29 is 9.84 Å². The predicted molar refractivity (Wildman–Crippen MR) is 63.4 cm³/mol. The van der Waals surface area contributed by atoms with E-state index in [9.17, 15) is 5.11 Å². The van der Waals surface area contributed by atoms with Crippen molar-refractivity contribution in [1.82, 2.24) is 9.78 Å². The van der Waals surface area contributed by atoms with Crippen molar-refractivity contribution in [2.45, 2.75) is 46.8 Å². The molecule has 1 rings (SSSR count). The van der Waals surface area contributed by atoms with Crippen molar-refractivity contribution in [1.29, 1.82) is 0 Å². The van der Waals surface area contributed by atoms with E-state index in [0.29, 0.717) is 0 Å². The van der Waals surface area contributed by atoms with Crippen molar-refractivity contribution in [2.24, 2.45) is 0 Å². The van der Waals surface area contributed by atoms with Crippen LogP contribution in [0.15, 0.2) is 0 Å². The van der Waals surface area contributed by atoms with Crippen LogP contribution in [0.4, 0.5) is 0 Å². The van der Waals surface area contributed by atoms with Gasteiger partial charge >= 0.3 is 0 Å². The first kappa shape index (κ1) is 13.2. The molecule has 0 aliphatic rings. The van der Waals surface area contributed by atoms with Crippen molar-refractivity contribution >= 4 is 0 Å². The average molecular weight is 226 g/mol. The lowest BCUT2D eigenvalue weighted by molar-refractivity contribution is 0.140. The number of nitrogens with zero attached hydrogens (tertiary/aromatic N) is 2. The van der Waals surface area contributed by atoms with E-state index < -0.39 is 6.10 Å². The van der Waals surface area contributed by atoms with E-state index in [0.717, 1.165) is 43.1 Å². The van der Waals surface area contributed by atoms with Crippen LogP contribution in [0.25, 0.3) is 0 Å². The highest BCUT2D eigenvalue weighted by molar-refractivity contribution is 5.26. The summed E-state index contributed by atoms with van der Waals surface area (Å²) in [6, 6.07) is 0. The summed E-state index contributed by atoms with van der Waals surface area (Å²) < 4.78 is 7.24. The normalized spacial score (nSPS) is 13.1. The van der Waals surface area contributed by atoms with E-state index in [1.807, 2.05) is 25.5 Å². The van der Waals surface area contributed by atoms with Gasteiger partial charge in [0.1, 0.15) is 0 Å². The van der Waals surface area contributed by atoms with Crippen LogP contribution < -0.4 is 0 Å². The van der Waals surface area contributed by atoms with E-state index in [1.54, 1.807) is 6.92 Å². The molecule has 1 aromatic rings. The minimum atomic E-state index is -0.444. The smallest absolute Gasteiger partial charge is 0.0797 e. The Morgan fingerprint density at radius 3 is 2.62 bits per heavy atom. The van der Waals surface area contributed by atoms with E-state index >= 15 is 0 Å². The zero-order valence-electron chi connectivity index (χ0n) is 10.7. The van der Waals surface area contributed by atoms with Gasteiger partial charge in [0, 0.05) is 31.0 Å². The molecule has 0 saturated carbocycles. The van der Waals surface area contributed by atoms with Gasteiger partial charge < -0.3 is 9.84 Å². The fourth-order valence-corrected chi connectivity index (χ4v) is 1.99. The highest BCUT2D eigenvalue weighted by Gasteiger charge is 2.14. The zero-order valence-corrected chi connectivity index (χ0v) is 10.7. The summed E-state index contributed by atoms with van der Waals surface area (Å²) in [7, 11) is 0. The van der Waals surface area contributed by atoms with Crippen molar-refractivity contribution in [3.05, 3.63) is 17.0 Å². The van der Waals surface area contributed by atoms with Crippen molar-refractivity contribution in [2.75, 3.05) is 13.2 Å². The number of aliphatic hydroxyl groups excluding tert-OH is 1. The third-order valence-corrected chi connectivity index (χ3v) is 2.72. The molecule has 1 unspecified atom stereocenters. The molecule has 0 bridgehead atoms. The van der Waals surface area contributed by atoms with Crippen LogP contribution in [0, 0.1) is 13.8 Å². The minimum absolute atomic E-state index is 0.444. The van der Waals surface area contributed by atoms with E-state index in [4.69, 9.17) is 4.74 Å². The lowest BCUT2D eigenvalue weighted by atomic mass is 10.1. The topological polar surface area (TPSA) is 47.3 Å². The van der Waals surface area contributed by atoms with Gasteiger partial charge in [-0.05, 0) is 34.1 Å². The summed E-state index contributed by atoms with van der Waals surface area (Å²) >= 11 is 0. The predicted octanol–water partition coefficient (Wildman–Crippen LogP) is 1.98. The summed E-state index contributed by atoms with van der Waals surface area (Å²) in [5.41, 5.74) is 2.93. The van der Waals surface area contributed by atoms with E-state index in [-0.39, 0.29) is 0 Å². The molecule has 1 aromatic heterocycles. The summed E-state index contributed by atoms with van der Waals surface area (Å²) in [6.07, 6.45) is 0.510. The molecule has 1 atom stereocenters. The summed E-state index contributed by atoms with van der Waals surface area (Å²) in [4.78, 5) is 0. The van der Waals surface area contributed by atoms with Crippen LogP contribution in [0.3, 0.4) is 0 Å². The van der Waals surface area contributed by atoms with Crippen molar-refractivity contribution in [3.63, 3.8) is 0 Å². The number of aromatic nitrogens is 2. The number of hydrogen-bond donors (Lipinski definition) is 1. The molecule has 0 aliphatic carbocycles. The SMILES string of the molecule is CCOCCCn1nc(C)c(C(C)O)c1C. The quantitative estimate of drug-likeness (QED) is 0.754. The van der Waals surface area contributed by atoms with Gasteiger partial charge in [-0.3, -0.25) is 4.68 Å². The molecule has 92 valence electrons. The molecule has 4 heteroatoms. The molecular weight excluding hydrogens is 204 g/mol. The lowest BCUT2D eigenvalue weighted by Crippen LogP contribution is -2.06. The number of aliphatic hydroxyl groups is 1. The van der Waals surface area contributed by atoms with Crippen LogP contribution in [0.2, 0.25) is 0 Å².